The highest BCUT2D eigenvalue weighted by atomic mass is 32.2. The highest BCUT2D eigenvalue weighted by Gasteiger charge is 2.23. The van der Waals surface area contributed by atoms with E-state index in [-0.39, 0.29) is 23.3 Å². The number of para-hydroxylation sites is 1. The lowest BCUT2D eigenvalue weighted by molar-refractivity contribution is -0.127. The molecule has 0 spiro atoms. The third-order valence-electron chi connectivity index (χ3n) is 5.76. The van der Waals surface area contributed by atoms with Crippen LogP contribution in [0.1, 0.15) is 42.9 Å². The number of nitrogens with zero attached hydrogens (tertiary/aromatic N) is 3. The Morgan fingerprint density at radius 1 is 1.13 bits per heavy atom. The Balaban J connectivity index is 1.54. The number of aromatic nitrogens is 2. The summed E-state index contributed by atoms with van der Waals surface area (Å²) in [7, 11) is 1.82. The third kappa shape index (κ3) is 4.43. The maximum atomic E-state index is 13.2. The molecule has 4 rings (SSSR count). The molecule has 0 atom stereocenters. The lowest BCUT2D eigenvalue weighted by Gasteiger charge is -2.20. The number of amides is 1. The molecule has 1 heterocycles. The standard InChI is InChI=1S/C24H27N3O2S/c1-17-11-13-18(14-12-17)15-26(2)22(28)16-30-24-25-21-10-6-5-9-20(21)23(29)27(24)19-7-3-4-8-19/h5-6,9-14,19H,3-4,7-8,15-16H2,1-2H3. The second-order valence-corrected chi connectivity index (χ2v) is 8.99. The van der Waals surface area contributed by atoms with Gasteiger partial charge < -0.3 is 4.90 Å². The maximum Gasteiger partial charge on any atom is 0.262 e. The molecule has 0 aliphatic heterocycles. The minimum atomic E-state index is 0.00968. The van der Waals surface area contributed by atoms with Crippen LogP contribution in [0.3, 0.4) is 0 Å². The summed E-state index contributed by atoms with van der Waals surface area (Å²) in [6.07, 6.45) is 4.25. The lowest BCUT2D eigenvalue weighted by Crippen LogP contribution is -2.29. The Hall–Kier alpha value is -2.60. The van der Waals surface area contributed by atoms with Crippen molar-refractivity contribution in [3.63, 3.8) is 0 Å². The molecule has 1 aliphatic rings. The molecule has 30 heavy (non-hydrogen) atoms. The highest BCUT2D eigenvalue weighted by molar-refractivity contribution is 7.99. The van der Waals surface area contributed by atoms with E-state index in [4.69, 9.17) is 4.98 Å². The average molecular weight is 422 g/mol. The average Bonchev–Trinajstić information content (AvgIpc) is 3.28. The Labute approximate surface area is 181 Å². The van der Waals surface area contributed by atoms with Crippen LogP contribution in [-0.4, -0.2) is 33.2 Å². The van der Waals surface area contributed by atoms with E-state index >= 15 is 0 Å². The Morgan fingerprint density at radius 2 is 1.83 bits per heavy atom. The summed E-state index contributed by atoms with van der Waals surface area (Å²) in [4.78, 5) is 32.5. The van der Waals surface area contributed by atoms with Gasteiger partial charge in [0.2, 0.25) is 5.91 Å². The molecule has 5 nitrogen and oxygen atoms in total. The summed E-state index contributed by atoms with van der Waals surface area (Å²) in [5, 5.41) is 1.30. The molecule has 0 radical (unpaired) electrons. The van der Waals surface area contributed by atoms with Crippen molar-refractivity contribution in [2.75, 3.05) is 12.8 Å². The maximum absolute atomic E-state index is 13.2. The molecule has 1 aliphatic carbocycles. The van der Waals surface area contributed by atoms with E-state index < -0.39 is 0 Å². The predicted octanol–water partition coefficient (Wildman–Crippen LogP) is 4.57. The number of aryl methyl sites for hydroxylation is 1. The number of fused-ring (bicyclic) bond motifs is 1. The van der Waals surface area contributed by atoms with Gasteiger partial charge in [-0.2, -0.15) is 0 Å². The van der Waals surface area contributed by atoms with Gasteiger partial charge >= 0.3 is 0 Å². The van der Waals surface area contributed by atoms with E-state index in [2.05, 4.69) is 31.2 Å². The van der Waals surface area contributed by atoms with Crippen LogP contribution in [0.25, 0.3) is 10.9 Å². The van der Waals surface area contributed by atoms with Crippen molar-refractivity contribution in [2.24, 2.45) is 0 Å². The molecular formula is C24H27N3O2S. The SMILES string of the molecule is Cc1ccc(CN(C)C(=O)CSc2nc3ccccc3c(=O)n2C2CCCC2)cc1. The van der Waals surface area contributed by atoms with Gasteiger partial charge in [-0.15, -0.1) is 0 Å². The van der Waals surface area contributed by atoms with Crippen LogP contribution >= 0.6 is 11.8 Å². The Kier molecular flexibility index (Phi) is 6.23. The van der Waals surface area contributed by atoms with Crippen LogP contribution in [0.5, 0.6) is 0 Å². The van der Waals surface area contributed by atoms with Crippen LogP contribution in [0.15, 0.2) is 58.5 Å². The topological polar surface area (TPSA) is 55.2 Å². The molecule has 0 saturated heterocycles. The van der Waals surface area contributed by atoms with Gasteiger partial charge in [0.15, 0.2) is 5.16 Å². The first-order valence-electron chi connectivity index (χ1n) is 10.5. The number of hydrogen-bond donors (Lipinski definition) is 0. The van der Waals surface area contributed by atoms with Crippen molar-refractivity contribution in [1.29, 1.82) is 0 Å². The van der Waals surface area contributed by atoms with Gasteiger partial charge in [0.1, 0.15) is 0 Å². The molecule has 1 aromatic heterocycles. The highest BCUT2D eigenvalue weighted by Crippen LogP contribution is 2.32. The fourth-order valence-corrected chi connectivity index (χ4v) is 5.01. The number of rotatable bonds is 6. The number of benzene rings is 2. The zero-order valence-electron chi connectivity index (χ0n) is 17.5. The van der Waals surface area contributed by atoms with Crippen molar-refractivity contribution < 1.29 is 4.79 Å². The number of carbonyl (C=O) groups is 1. The molecule has 2 aromatic carbocycles. The second-order valence-electron chi connectivity index (χ2n) is 8.05. The van der Waals surface area contributed by atoms with Crippen molar-refractivity contribution in [1.82, 2.24) is 14.5 Å². The van der Waals surface area contributed by atoms with Crippen LogP contribution in [0.2, 0.25) is 0 Å². The molecular weight excluding hydrogens is 394 g/mol. The van der Waals surface area contributed by atoms with Gasteiger partial charge in [-0.1, -0.05) is 66.6 Å². The fraction of sp³-hybridized carbons (Fsp3) is 0.375. The fourth-order valence-electron chi connectivity index (χ4n) is 4.00. The number of carbonyl (C=O) groups excluding carboxylic acids is 1. The molecule has 0 N–H and O–H groups in total. The smallest absolute Gasteiger partial charge is 0.262 e. The Morgan fingerprint density at radius 3 is 2.57 bits per heavy atom. The third-order valence-corrected chi connectivity index (χ3v) is 6.69. The number of hydrogen-bond acceptors (Lipinski definition) is 4. The zero-order chi connectivity index (χ0) is 21.1. The number of thioether (sulfide) groups is 1. The van der Waals surface area contributed by atoms with E-state index in [0.717, 1.165) is 31.2 Å². The van der Waals surface area contributed by atoms with Crippen molar-refractivity contribution in [2.45, 2.75) is 50.4 Å². The van der Waals surface area contributed by atoms with Gasteiger partial charge in [-0.05, 0) is 37.5 Å². The summed E-state index contributed by atoms with van der Waals surface area (Å²) >= 11 is 1.37. The van der Waals surface area contributed by atoms with Gasteiger partial charge in [0, 0.05) is 19.6 Å². The summed E-state index contributed by atoms with van der Waals surface area (Å²) in [6, 6.07) is 15.9. The van der Waals surface area contributed by atoms with E-state index in [0.29, 0.717) is 22.6 Å². The van der Waals surface area contributed by atoms with Crippen molar-refractivity contribution in [3.05, 3.63) is 70.0 Å². The molecule has 0 bridgehead atoms. The molecule has 6 heteroatoms. The van der Waals surface area contributed by atoms with Gasteiger partial charge in [-0.25, -0.2) is 4.98 Å². The quantitative estimate of drug-likeness (QED) is 0.432. The summed E-state index contributed by atoms with van der Waals surface area (Å²) in [6.45, 7) is 2.62. The molecule has 1 amide bonds. The van der Waals surface area contributed by atoms with Gasteiger partial charge in [0.25, 0.3) is 5.56 Å². The van der Waals surface area contributed by atoms with Gasteiger partial charge in [-0.3, -0.25) is 14.2 Å². The minimum absolute atomic E-state index is 0.00968. The molecule has 1 saturated carbocycles. The molecule has 1 fully saturated rings. The van der Waals surface area contributed by atoms with Crippen molar-refractivity contribution in [3.8, 4) is 0 Å². The molecule has 0 unspecified atom stereocenters. The van der Waals surface area contributed by atoms with E-state index in [1.54, 1.807) is 4.90 Å². The normalized spacial score (nSPS) is 14.3. The van der Waals surface area contributed by atoms with E-state index in [1.165, 1.54) is 17.3 Å². The van der Waals surface area contributed by atoms with E-state index in [9.17, 15) is 9.59 Å². The summed E-state index contributed by atoms with van der Waals surface area (Å²) in [5.41, 5.74) is 3.01. The van der Waals surface area contributed by atoms with Crippen molar-refractivity contribution >= 4 is 28.6 Å². The van der Waals surface area contributed by atoms with Gasteiger partial charge in [0.05, 0.1) is 16.7 Å². The second kappa shape index (κ2) is 9.04. The first-order valence-corrected chi connectivity index (χ1v) is 11.4. The van der Waals surface area contributed by atoms with E-state index in [1.807, 2.05) is 35.9 Å². The van der Waals surface area contributed by atoms with Crippen LogP contribution < -0.4 is 5.56 Å². The first-order chi connectivity index (χ1) is 14.5. The van der Waals surface area contributed by atoms with Crippen LogP contribution in [0, 0.1) is 6.92 Å². The lowest BCUT2D eigenvalue weighted by atomic mass is 10.1. The zero-order valence-corrected chi connectivity index (χ0v) is 18.3. The summed E-state index contributed by atoms with van der Waals surface area (Å²) < 4.78 is 1.84. The predicted molar refractivity (Wildman–Crippen MR) is 122 cm³/mol. The first kappa shape index (κ1) is 20.7. The molecule has 156 valence electrons. The van der Waals surface area contributed by atoms with Crippen LogP contribution in [-0.2, 0) is 11.3 Å². The largest absolute Gasteiger partial charge is 0.341 e. The Bertz CT molecular complexity index is 1100. The van der Waals surface area contributed by atoms with Crippen LogP contribution in [0.4, 0.5) is 0 Å². The minimum Gasteiger partial charge on any atom is -0.341 e. The molecule has 3 aromatic rings. The monoisotopic (exact) mass is 421 g/mol. The summed E-state index contributed by atoms with van der Waals surface area (Å²) in [5.74, 6) is 0.292.